The van der Waals surface area contributed by atoms with Gasteiger partial charge in [-0.25, -0.2) is 4.79 Å². The number of benzene rings is 1. The zero-order valence-corrected chi connectivity index (χ0v) is 9.08. The summed E-state index contributed by atoms with van der Waals surface area (Å²) in [6.45, 7) is -0.465. The lowest BCUT2D eigenvalue weighted by molar-refractivity contribution is -0.137. The Bertz CT molecular complexity index is 711. The highest BCUT2D eigenvalue weighted by molar-refractivity contribution is 5.79. The molecular formula is C11H10N2O4. The Morgan fingerprint density at radius 2 is 1.94 bits per heavy atom. The van der Waals surface area contributed by atoms with Gasteiger partial charge in [0, 0.05) is 7.05 Å². The predicted molar refractivity (Wildman–Crippen MR) is 61.1 cm³/mol. The third kappa shape index (κ3) is 1.73. The number of hydrogen-bond acceptors (Lipinski definition) is 3. The molecule has 1 aromatic heterocycles. The maximum atomic E-state index is 11.8. The summed E-state index contributed by atoms with van der Waals surface area (Å²) in [4.78, 5) is 34.3. The number of fused-ring (bicyclic) bond motifs is 1. The molecule has 6 heteroatoms. The summed E-state index contributed by atoms with van der Waals surface area (Å²) in [5, 5.41) is 9.09. The van der Waals surface area contributed by atoms with Crippen LogP contribution in [0.2, 0.25) is 0 Å². The highest BCUT2D eigenvalue weighted by Gasteiger charge is 2.11. The fraction of sp³-hybridized carbons (Fsp3) is 0.182. The van der Waals surface area contributed by atoms with Crippen LogP contribution in [-0.4, -0.2) is 20.2 Å². The largest absolute Gasteiger partial charge is 0.480 e. The van der Waals surface area contributed by atoms with Crippen molar-refractivity contribution in [3.05, 3.63) is 45.1 Å². The van der Waals surface area contributed by atoms with Crippen LogP contribution in [0.25, 0.3) is 10.9 Å². The Kier molecular flexibility index (Phi) is 2.55. The summed E-state index contributed by atoms with van der Waals surface area (Å²) >= 11 is 0. The zero-order valence-electron chi connectivity index (χ0n) is 9.08. The van der Waals surface area contributed by atoms with Crippen molar-refractivity contribution in [2.45, 2.75) is 6.54 Å². The third-order valence-electron chi connectivity index (χ3n) is 2.54. The van der Waals surface area contributed by atoms with Crippen molar-refractivity contribution in [1.82, 2.24) is 9.13 Å². The fourth-order valence-corrected chi connectivity index (χ4v) is 1.73. The number of carboxylic acid groups (broad SMARTS) is 1. The van der Waals surface area contributed by atoms with Crippen LogP contribution in [0, 0.1) is 0 Å². The molecule has 0 aliphatic rings. The van der Waals surface area contributed by atoms with Crippen molar-refractivity contribution >= 4 is 16.9 Å². The maximum Gasteiger partial charge on any atom is 0.331 e. The number of nitrogens with zero attached hydrogens (tertiary/aromatic N) is 2. The van der Waals surface area contributed by atoms with Gasteiger partial charge in [-0.2, -0.15) is 0 Å². The van der Waals surface area contributed by atoms with Crippen molar-refractivity contribution < 1.29 is 9.90 Å². The summed E-state index contributed by atoms with van der Waals surface area (Å²) in [6, 6.07) is 6.44. The monoisotopic (exact) mass is 234 g/mol. The van der Waals surface area contributed by atoms with Crippen LogP contribution in [0.4, 0.5) is 0 Å². The van der Waals surface area contributed by atoms with E-state index in [1.165, 1.54) is 7.05 Å². The Hall–Kier alpha value is -2.37. The average molecular weight is 234 g/mol. The molecule has 1 heterocycles. The second-order valence-corrected chi connectivity index (χ2v) is 3.64. The van der Waals surface area contributed by atoms with Crippen LogP contribution in [0.15, 0.2) is 33.9 Å². The minimum Gasteiger partial charge on any atom is -0.480 e. The van der Waals surface area contributed by atoms with Gasteiger partial charge in [-0.15, -0.1) is 0 Å². The fourth-order valence-electron chi connectivity index (χ4n) is 1.73. The first kappa shape index (κ1) is 11.1. The second kappa shape index (κ2) is 3.89. The molecule has 0 bridgehead atoms. The second-order valence-electron chi connectivity index (χ2n) is 3.64. The lowest BCUT2D eigenvalue weighted by atomic mass is 10.2. The standard InChI is InChI=1S/C11H10N2O4/c1-12-10(16)7-4-2-3-5-8(7)13(11(12)17)6-9(14)15/h2-5H,6H2,1H3,(H,14,15). The summed E-state index contributed by atoms with van der Waals surface area (Å²) in [7, 11) is 1.33. The topological polar surface area (TPSA) is 81.3 Å². The molecule has 0 saturated carbocycles. The van der Waals surface area contributed by atoms with Crippen LogP contribution >= 0.6 is 0 Å². The van der Waals surface area contributed by atoms with Crippen molar-refractivity contribution in [3.8, 4) is 0 Å². The molecule has 88 valence electrons. The SMILES string of the molecule is Cn1c(=O)c2ccccc2n(CC(=O)O)c1=O. The van der Waals surface area contributed by atoms with Gasteiger partial charge in [-0.1, -0.05) is 12.1 Å². The van der Waals surface area contributed by atoms with Crippen molar-refractivity contribution in [1.29, 1.82) is 0 Å². The van der Waals surface area contributed by atoms with E-state index in [9.17, 15) is 14.4 Å². The highest BCUT2D eigenvalue weighted by Crippen LogP contribution is 2.06. The normalized spacial score (nSPS) is 10.6. The van der Waals surface area contributed by atoms with E-state index < -0.39 is 23.8 Å². The van der Waals surface area contributed by atoms with Crippen LogP contribution in [0.3, 0.4) is 0 Å². The molecule has 6 nitrogen and oxygen atoms in total. The molecule has 0 saturated heterocycles. The maximum absolute atomic E-state index is 11.8. The van der Waals surface area contributed by atoms with E-state index in [-0.39, 0.29) is 0 Å². The Morgan fingerprint density at radius 3 is 2.59 bits per heavy atom. The smallest absolute Gasteiger partial charge is 0.331 e. The number of hydrogen-bond donors (Lipinski definition) is 1. The van der Waals surface area contributed by atoms with Gasteiger partial charge in [0.1, 0.15) is 6.54 Å². The van der Waals surface area contributed by atoms with Gasteiger partial charge in [0.25, 0.3) is 5.56 Å². The number of para-hydroxylation sites is 1. The van der Waals surface area contributed by atoms with Gasteiger partial charge >= 0.3 is 11.7 Å². The van der Waals surface area contributed by atoms with Gasteiger partial charge in [0.2, 0.25) is 0 Å². The molecule has 17 heavy (non-hydrogen) atoms. The summed E-state index contributed by atoms with van der Waals surface area (Å²) in [5.41, 5.74) is -0.716. The Balaban J connectivity index is 2.95. The van der Waals surface area contributed by atoms with Crippen molar-refractivity contribution in [2.24, 2.45) is 7.05 Å². The minimum absolute atomic E-state index is 0.329. The number of rotatable bonds is 2. The van der Waals surface area contributed by atoms with E-state index in [0.717, 1.165) is 9.13 Å². The van der Waals surface area contributed by atoms with E-state index in [1.54, 1.807) is 24.3 Å². The molecular weight excluding hydrogens is 224 g/mol. The number of aliphatic carboxylic acids is 1. The quantitative estimate of drug-likeness (QED) is 0.779. The Labute approximate surface area is 95.3 Å². The van der Waals surface area contributed by atoms with Crippen LogP contribution in [0.1, 0.15) is 0 Å². The van der Waals surface area contributed by atoms with Crippen LogP contribution < -0.4 is 11.2 Å². The van der Waals surface area contributed by atoms with Crippen molar-refractivity contribution in [2.75, 3.05) is 0 Å². The highest BCUT2D eigenvalue weighted by atomic mass is 16.4. The molecule has 0 unspecified atom stereocenters. The van der Waals surface area contributed by atoms with Gasteiger partial charge < -0.3 is 5.11 Å². The molecule has 0 radical (unpaired) electrons. The first-order valence-corrected chi connectivity index (χ1v) is 4.92. The number of carbonyl (C=O) groups is 1. The van der Waals surface area contributed by atoms with E-state index in [2.05, 4.69) is 0 Å². The average Bonchev–Trinajstić information content (AvgIpc) is 2.31. The van der Waals surface area contributed by atoms with E-state index in [0.29, 0.717) is 10.9 Å². The first-order chi connectivity index (χ1) is 8.02. The van der Waals surface area contributed by atoms with Gasteiger partial charge in [-0.3, -0.25) is 18.7 Å². The third-order valence-corrected chi connectivity index (χ3v) is 2.54. The summed E-state index contributed by atoms with van der Waals surface area (Å²) < 4.78 is 1.98. The molecule has 0 amide bonds. The molecule has 1 aromatic carbocycles. The minimum atomic E-state index is -1.13. The van der Waals surface area contributed by atoms with Crippen LogP contribution in [-0.2, 0) is 18.4 Å². The zero-order chi connectivity index (χ0) is 12.6. The lowest BCUT2D eigenvalue weighted by Gasteiger charge is -2.09. The first-order valence-electron chi connectivity index (χ1n) is 4.92. The van der Waals surface area contributed by atoms with E-state index >= 15 is 0 Å². The predicted octanol–water partition coefficient (Wildman–Crippen LogP) is -0.215. The van der Waals surface area contributed by atoms with Gasteiger partial charge in [0.05, 0.1) is 10.9 Å². The van der Waals surface area contributed by atoms with E-state index in [4.69, 9.17) is 5.11 Å². The van der Waals surface area contributed by atoms with Gasteiger partial charge in [-0.05, 0) is 12.1 Å². The lowest BCUT2D eigenvalue weighted by Crippen LogP contribution is -2.39. The summed E-state index contributed by atoms with van der Waals surface area (Å²) in [5.74, 6) is -1.13. The molecule has 0 spiro atoms. The molecule has 2 aromatic rings. The molecule has 1 N–H and O–H groups in total. The number of carboxylic acids is 1. The summed E-state index contributed by atoms with van der Waals surface area (Å²) in [6.07, 6.45) is 0. The van der Waals surface area contributed by atoms with Crippen LogP contribution in [0.5, 0.6) is 0 Å². The Morgan fingerprint density at radius 1 is 1.29 bits per heavy atom. The number of aromatic nitrogens is 2. The van der Waals surface area contributed by atoms with Crippen molar-refractivity contribution in [3.63, 3.8) is 0 Å². The molecule has 2 rings (SSSR count). The molecule has 0 fully saturated rings. The molecule has 0 aliphatic carbocycles. The van der Waals surface area contributed by atoms with E-state index in [1.807, 2.05) is 0 Å². The molecule has 0 aliphatic heterocycles. The van der Waals surface area contributed by atoms with Gasteiger partial charge in [0.15, 0.2) is 0 Å². The molecule has 0 atom stereocenters.